The fourth-order valence-corrected chi connectivity index (χ4v) is 1.95. The Labute approximate surface area is 98.9 Å². The van der Waals surface area contributed by atoms with Crippen molar-refractivity contribution in [2.45, 2.75) is 19.4 Å². The molecule has 6 nitrogen and oxygen atoms in total. The Bertz CT molecular complexity index is 407. The third-order valence-corrected chi connectivity index (χ3v) is 3.05. The van der Waals surface area contributed by atoms with E-state index in [2.05, 4.69) is 10.2 Å². The van der Waals surface area contributed by atoms with Gasteiger partial charge in [-0.15, -0.1) is 10.2 Å². The highest BCUT2D eigenvalue weighted by Crippen LogP contribution is 2.21. The first kappa shape index (κ1) is 11.8. The summed E-state index contributed by atoms with van der Waals surface area (Å²) >= 11 is 0. The number of hydrogen-bond acceptors (Lipinski definition) is 5. The molecule has 0 aromatic carbocycles. The van der Waals surface area contributed by atoms with Crippen LogP contribution in [0.25, 0.3) is 0 Å². The van der Waals surface area contributed by atoms with Crippen LogP contribution in [0.2, 0.25) is 0 Å². The minimum absolute atomic E-state index is 0.0566. The third kappa shape index (κ3) is 2.52. The van der Waals surface area contributed by atoms with Gasteiger partial charge in [-0.1, -0.05) is 6.92 Å². The lowest BCUT2D eigenvalue weighted by Gasteiger charge is -2.34. The van der Waals surface area contributed by atoms with Gasteiger partial charge in [0.25, 0.3) is 0 Å². The van der Waals surface area contributed by atoms with Crippen LogP contribution < -0.4 is 4.90 Å². The van der Waals surface area contributed by atoms with Crippen LogP contribution in [0.4, 0.5) is 5.82 Å². The Morgan fingerprint density at radius 1 is 1.47 bits per heavy atom. The van der Waals surface area contributed by atoms with Gasteiger partial charge in [0.05, 0.1) is 6.10 Å². The molecule has 2 heterocycles. The van der Waals surface area contributed by atoms with Crippen LogP contribution in [0.3, 0.4) is 0 Å². The zero-order chi connectivity index (χ0) is 12.4. The number of piperidine rings is 1. The van der Waals surface area contributed by atoms with Crippen molar-refractivity contribution < 1.29 is 15.0 Å². The molecule has 17 heavy (non-hydrogen) atoms. The van der Waals surface area contributed by atoms with Gasteiger partial charge in [-0.2, -0.15) is 0 Å². The molecule has 0 radical (unpaired) electrons. The minimum Gasteiger partial charge on any atom is -0.476 e. The quantitative estimate of drug-likeness (QED) is 0.773. The summed E-state index contributed by atoms with van der Waals surface area (Å²) in [5.74, 6) is -0.232. The fourth-order valence-electron chi connectivity index (χ4n) is 1.95. The van der Waals surface area contributed by atoms with E-state index in [1.165, 1.54) is 6.07 Å². The van der Waals surface area contributed by atoms with Crippen molar-refractivity contribution >= 4 is 11.8 Å². The average molecular weight is 237 g/mol. The van der Waals surface area contributed by atoms with E-state index in [-0.39, 0.29) is 17.7 Å². The number of carbonyl (C=O) groups is 1. The molecule has 92 valence electrons. The van der Waals surface area contributed by atoms with Gasteiger partial charge in [-0.05, 0) is 24.5 Å². The lowest BCUT2D eigenvalue weighted by molar-refractivity contribution is 0.0689. The molecule has 1 aromatic rings. The molecule has 0 aliphatic carbocycles. The summed E-state index contributed by atoms with van der Waals surface area (Å²) in [6.45, 7) is 3.41. The second kappa shape index (κ2) is 4.67. The first-order valence-corrected chi connectivity index (χ1v) is 5.58. The number of aromatic nitrogens is 2. The molecule has 1 aliphatic rings. The van der Waals surface area contributed by atoms with E-state index in [9.17, 15) is 9.90 Å². The first-order valence-electron chi connectivity index (χ1n) is 5.58. The molecule has 6 heteroatoms. The molecular formula is C11H15N3O3. The summed E-state index contributed by atoms with van der Waals surface area (Å²) in [5, 5.41) is 25.9. The van der Waals surface area contributed by atoms with Crippen LogP contribution in [0.15, 0.2) is 12.1 Å². The molecule has 0 saturated carbocycles. The van der Waals surface area contributed by atoms with Gasteiger partial charge >= 0.3 is 5.97 Å². The van der Waals surface area contributed by atoms with E-state index < -0.39 is 5.97 Å². The number of rotatable bonds is 2. The zero-order valence-electron chi connectivity index (χ0n) is 9.58. The highest BCUT2D eigenvalue weighted by atomic mass is 16.4. The lowest BCUT2D eigenvalue weighted by atomic mass is 9.97. The topological polar surface area (TPSA) is 86.6 Å². The number of hydrogen-bond donors (Lipinski definition) is 2. The number of nitrogens with zero attached hydrogens (tertiary/aromatic N) is 3. The average Bonchev–Trinajstić information content (AvgIpc) is 2.33. The standard InChI is InChI=1S/C11H15N3O3/c1-7-6-14(5-4-9(7)15)10-3-2-8(11(16)17)12-13-10/h2-3,7,9,15H,4-6H2,1H3,(H,16,17). The van der Waals surface area contributed by atoms with Crippen molar-refractivity contribution in [3.05, 3.63) is 17.8 Å². The first-order chi connectivity index (χ1) is 8.08. The maximum absolute atomic E-state index is 10.6. The largest absolute Gasteiger partial charge is 0.476 e. The van der Waals surface area contributed by atoms with Gasteiger partial charge in [0.2, 0.25) is 0 Å². The Kier molecular flexibility index (Phi) is 3.23. The summed E-state index contributed by atoms with van der Waals surface area (Å²) in [5.41, 5.74) is -0.0566. The maximum Gasteiger partial charge on any atom is 0.356 e. The zero-order valence-corrected chi connectivity index (χ0v) is 9.58. The van der Waals surface area contributed by atoms with Gasteiger partial charge in [0.15, 0.2) is 11.5 Å². The second-order valence-electron chi connectivity index (χ2n) is 4.36. The van der Waals surface area contributed by atoms with E-state index in [4.69, 9.17) is 5.11 Å². The van der Waals surface area contributed by atoms with E-state index in [1.54, 1.807) is 6.07 Å². The van der Waals surface area contributed by atoms with Gasteiger partial charge < -0.3 is 15.1 Å². The minimum atomic E-state index is -1.08. The molecule has 0 bridgehead atoms. The van der Waals surface area contributed by atoms with Gasteiger partial charge in [0, 0.05) is 13.1 Å². The summed E-state index contributed by atoms with van der Waals surface area (Å²) in [6.07, 6.45) is 0.432. The number of aliphatic hydroxyl groups excluding tert-OH is 1. The smallest absolute Gasteiger partial charge is 0.356 e. The van der Waals surface area contributed by atoms with E-state index in [1.807, 2.05) is 11.8 Å². The van der Waals surface area contributed by atoms with Crippen molar-refractivity contribution in [3.63, 3.8) is 0 Å². The summed E-state index contributed by atoms with van der Waals surface area (Å²) in [7, 11) is 0. The van der Waals surface area contributed by atoms with Gasteiger partial charge in [-0.25, -0.2) is 4.79 Å². The van der Waals surface area contributed by atoms with Crippen LogP contribution in [0.5, 0.6) is 0 Å². The molecule has 1 saturated heterocycles. The highest BCUT2D eigenvalue weighted by Gasteiger charge is 2.25. The molecule has 0 amide bonds. The van der Waals surface area contributed by atoms with Crippen molar-refractivity contribution in [2.75, 3.05) is 18.0 Å². The molecule has 1 aliphatic heterocycles. The highest BCUT2D eigenvalue weighted by molar-refractivity contribution is 5.85. The predicted octanol–water partition coefficient (Wildman–Crippen LogP) is 0.382. The number of aromatic carboxylic acids is 1. The molecular weight excluding hydrogens is 222 g/mol. The van der Waals surface area contributed by atoms with Gasteiger partial charge in [-0.3, -0.25) is 0 Å². The van der Waals surface area contributed by atoms with Crippen molar-refractivity contribution in [3.8, 4) is 0 Å². The SMILES string of the molecule is CC1CN(c2ccc(C(=O)O)nn2)CCC1O. The third-order valence-electron chi connectivity index (χ3n) is 3.05. The summed E-state index contributed by atoms with van der Waals surface area (Å²) in [6, 6.07) is 3.10. The molecule has 1 aromatic heterocycles. The van der Waals surface area contributed by atoms with Crippen LogP contribution in [-0.4, -0.2) is 45.6 Å². The fraction of sp³-hybridized carbons (Fsp3) is 0.545. The van der Waals surface area contributed by atoms with Crippen LogP contribution in [0, 0.1) is 5.92 Å². The van der Waals surface area contributed by atoms with Crippen LogP contribution >= 0.6 is 0 Å². The number of carboxylic acids is 1. The normalized spacial score (nSPS) is 24.7. The molecule has 2 rings (SSSR count). The van der Waals surface area contributed by atoms with Crippen molar-refractivity contribution in [1.82, 2.24) is 10.2 Å². The van der Waals surface area contributed by atoms with E-state index in [0.29, 0.717) is 25.3 Å². The predicted molar refractivity (Wildman–Crippen MR) is 61.0 cm³/mol. The van der Waals surface area contributed by atoms with Gasteiger partial charge in [0.1, 0.15) is 0 Å². The summed E-state index contributed by atoms with van der Waals surface area (Å²) < 4.78 is 0. The number of aliphatic hydroxyl groups is 1. The molecule has 1 fully saturated rings. The van der Waals surface area contributed by atoms with Crippen LogP contribution in [0.1, 0.15) is 23.8 Å². The molecule has 2 N–H and O–H groups in total. The maximum atomic E-state index is 10.6. The Morgan fingerprint density at radius 2 is 2.24 bits per heavy atom. The Hall–Kier alpha value is -1.69. The van der Waals surface area contributed by atoms with E-state index >= 15 is 0 Å². The number of carboxylic acid groups (broad SMARTS) is 1. The number of anilines is 1. The molecule has 2 atom stereocenters. The Morgan fingerprint density at radius 3 is 2.76 bits per heavy atom. The molecule has 2 unspecified atom stereocenters. The molecule has 0 spiro atoms. The van der Waals surface area contributed by atoms with Crippen LogP contribution in [-0.2, 0) is 0 Å². The monoisotopic (exact) mass is 237 g/mol. The second-order valence-corrected chi connectivity index (χ2v) is 4.36. The van der Waals surface area contributed by atoms with Crippen molar-refractivity contribution in [2.24, 2.45) is 5.92 Å². The Balaban J connectivity index is 2.10. The summed E-state index contributed by atoms with van der Waals surface area (Å²) in [4.78, 5) is 12.6. The lowest BCUT2D eigenvalue weighted by Crippen LogP contribution is -2.42. The van der Waals surface area contributed by atoms with E-state index in [0.717, 1.165) is 0 Å². The van der Waals surface area contributed by atoms with Crippen molar-refractivity contribution in [1.29, 1.82) is 0 Å².